The van der Waals surface area contributed by atoms with Crippen molar-refractivity contribution in [1.29, 1.82) is 0 Å². The molecule has 0 saturated carbocycles. The molecular weight excluding hydrogens is 316 g/mol. The Morgan fingerprint density at radius 2 is 2.10 bits per heavy atom. The van der Waals surface area contributed by atoms with Crippen LogP contribution in [0.5, 0.6) is 0 Å². The van der Waals surface area contributed by atoms with E-state index in [4.69, 9.17) is 16.3 Å². The molecule has 0 unspecified atom stereocenters. The normalized spacial score (nSPS) is 11.7. The van der Waals surface area contributed by atoms with Crippen LogP contribution in [-0.2, 0) is 19.6 Å². The van der Waals surface area contributed by atoms with E-state index < -0.39 is 15.9 Å². The molecule has 0 heterocycles. The van der Waals surface area contributed by atoms with E-state index >= 15 is 0 Å². The fourth-order valence-corrected chi connectivity index (χ4v) is 2.58. The van der Waals surface area contributed by atoms with Crippen LogP contribution in [0.3, 0.4) is 0 Å². The minimum atomic E-state index is -3.48. The van der Waals surface area contributed by atoms with Gasteiger partial charge in [0, 0.05) is 24.4 Å². The molecule has 0 saturated heterocycles. The molecule has 118 valence electrons. The molecule has 8 heteroatoms. The fourth-order valence-electron chi connectivity index (χ4n) is 1.65. The van der Waals surface area contributed by atoms with Gasteiger partial charge < -0.3 is 10.1 Å². The number of methoxy groups -OCH3 is 1. The number of halogens is 1. The number of amides is 1. The van der Waals surface area contributed by atoms with Gasteiger partial charge in [-0.2, -0.15) is 4.31 Å². The smallest absolute Gasteiger partial charge is 0.239 e. The van der Waals surface area contributed by atoms with Crippen LogP contribution >= 0.6 is 11.6 Å². The van der Waals surface area contributed by atoms with E-state index in [9.17, 15) is 13.2 Å². The van der Waals surface area contributed by atoms with Crippen molar-refractivity contribution in [3.63, 3.8) is 0 Å². The van der Waals surface area contributed by atoms with Gasteiger partial charge in [0.05, 0.1) is 19.4 Å². The molecule has 0 aliphatic heterocycles. The average Bonchev–Trinajstić information content (AvgIpc) is 2.38. The number of hydrogen-bond donors (Lipinski definition) is 1. The minimum Gasteiger partial charge on any atom is -0.383 e. The lowest BCUT2D eigenvalue weighted by atomic mass is 10.2. The Morgan fingerprint density at radius 1 is 1.43 bits per heavy atom. The third-order valence-electron chi connectivity index (χ3n) is 2.88. The number of nitrogens with one attached hydrogen (secondary N) is 1. The van der Waals surface area contributed by atoms with Crippen molar-refractivity contribution >= 4 is 33.2 Å². The maximum Gasteiger partial charge on any atom is 0.239 e. The fraction of sp³-hybridized carbons (Fsp3) is 0.462. The van der Waals surface area contributed by atoms with Gasteiger partial charge in [-0.25, -0.2) is 8.42 Å². The summed E-state index contributed by atoms with van der Waals surface area (Å²) in [5.74, 6) is -0.429. The predicted octanol–water partition coefficient (Wildman–Crippen LogP) is 1.49. The van der Waals surface area contributed by atoms with Crippen molar-refractivity contribution < 1.29 is 17.9 Å². The zero-order valence-corrected chi connectivity index (χ0v) is 13.8. The van der Waals surface area contributed by atoms with Crippen LogP contribution in [0.4, 0.5) is 5.69 Å². The molecule has 1 amide bonds. The Bertz CT molecular complexity index is 604. The van der Waals surface area contributed by atoms with E-state index in [-0.39, 0.29) is 19.7 Å². The van der Waals surface area contributed by atoms with Gasteiger partial charge in [0.1, 0.15) is 0 Å². The van der Waals surface area contributed by atoms with Crippen LogP contribution < -0.4 is 5.32 Å². The molecule has 0 aromatic heterocycles. The number of sulfonamides is 1. The lowest BCUT2D eigenvalue weighted by molar-refractivity contribution is -0.116. The second-order valence-electron chi connectivity index (χ2n) is 4.55. The lowest BCUT2D eigenvalue weighted by Gasteiger charge is -2.19. The molecular formula is C13H19ClN2O4S. The Morgan fingerprint density at radius 3 is 2.67 bits per heavy atom. The number of anilines is 1. The van der Waals surface area contributed by atoms with Crippen molar-refractivity contribution in [3.05, 3.63) is 28.8 Å². The van der Waals surface area contributed by atoms with E-state index in [1.807, 2.05) is 0 Å². The van der Waals surface area contributed by atoms with Gasteiger partial charge in [-0.3, -0.25) is 4.79 Å². The summed E-state index contributed by atoms with van der Waals surface area (Å²) >= 11 is 5.97. The van der Waals surface area contributed by atoms with E-state index in [1.54, 1.807) is 25.1 Å². The van der Waals surface area contributed by atoms with Gasteiger partial charge in [0.2, 0.25) is 15.9 Å². The molecule has 0 atom stereocenters. The first-order valence-electron chi connectivity index (χ1n) is 6.24. The number of carbonyl (C=O) groups excluding carboxylic acids is 1. The number of carbonyl (C=O) groups is 1. The number of hydrogen-bond acceptors (Lipinski definition) is 4. The van der Waals surface area contributed by atoms with E-state index in [0.717, 1.165) is 16.1 Å². The topological polar surface area (TPSA) is 75.7 Å². The SMILES string of the molecule is COCCN(CC(=O)Nc1cccc(Cl)c1C)S(C)(=O)=O. The Labute approximate surface area is 130 Å². The summed E-state index contributed by atoms with van der Waals surface area (Å²) in [5.41, 5.74) is 1.29. The highest BCUT2D eigenvalue weighted by Gasteiger charge is 2.20. The molecule has 1 N–H and O–H groups in total. The highest BCUT2D eigenvalue weighted by molar-refractivity contribution is 7.88. The maximum absolute atomic E-state index is 12.0. The minimum absolute atomic E-state index is 0.122. The van der Waals surface area contributed by atoms with Crippen LogP contribution in [0.25, 0.3) is 0 Å². The van der Waals surface area contributed by atoms with Gasteiger partial charge in [0.15, 0.2) is 0 Å². The van der Waals surface area contributed by atoms with Crippen LogP contribution in [0.15, 0.2) is 18.2 Å². The van der Waals surface area contributed by atoms with E-state index in [2.05, 4.69) is 5.32 Å². The monoisotopic (exact) mass is 334 g/mol. The quantitative estimate of drug-likeness (QED) is 0.819. The molecule has 21 heavy (non-hydrogen) atoms. The van der Waals surface area contributed by atoms with Gasteiger partial charge in [-0.15, -0.1) is 0 Å². The Balaban J connectivity index is 2.76. The van der Waals surface area contributed by atoms with Crippen molar-refractivity contribution in [2.45, 2.75) is 6.92 Å². The molecule has 0 aliphatic carbocycles. The van der Waals surface area contributed by atoms with E-state index in [0.29, 0.717) is 10.7 Å². The zero-order chi connectivity index (χ0) is 16.0. The molecule has 0 fully saturated rings. The third-order valence-corrected chi connectivity index (χ3v) is 4.53. The number of nitrogens with zero attached hydrogens (tertiary/aromatic N) is 1. The highest BCUT2D eigenvalue weighted by atomic mass is 35.5. The summed E-state index contributed by atoms with van der Waals surface area (Å²) < 4.78 is 29.1. The van der Waals surface area contributed by atoms with Crippen molar-refractivity contribution in [2.24, 2.45) is 0 Å². The van der Waals surface area contributed by atoms with Crippen molar-refractivity contribution in [2.75, 3.05) is 38.4 Å². The van der Waals surface area contributed by atoms with Crippen molar-refractivity contribution in [1.82, 2.24) is 4.31 Å². The first-order chi connectivity index (χ1) is 9.75. The largest absolute Gasteiger partial charge is 0.383 e. The van der Waals surface area contributed by atoms with Crippen LogP contribution in [0.2, 0.25) is 5.02 Å². The number of benzene rings is 1. The molecule has 6 nitrogen and oxygen atoms in total. The molecule has 0 radical (unpaired) electrons. The van der Waals surface area contributed by atoms with Crippen molar-refractivity contribution in [3.8, 4) is 0 Å². The maximum atomic E-state index is 12.0. The molecule has 0 bridgehead atoms. The first kappa shape index (κ1) is 17.9. The summed E-state index contributed by atoms with van der Waals surface area (Å²) in [7, 11) is -2.01. The Kier molecular flexibility index (Phi) is 6.60. The van der Waals surface area contributed by atoms with E-state index in [1.165, 1.54) is 7.11 Å². The number of ether oxygens (including phenoxy) is 1. The summed E-state index contributed by atoms with van der Waals surface area (Å²) in [6.45, 7) is 1.85. The molecule has 0 spiro atoms. The van der Waals surface area contributed by atoms with Gasteiger partial charge in [-0.05, 0) is 24.6 Å². The summed E-state index contributed by atoms with van der Waals surface area (Å²) in [5, 5.41) is 3.19. The standard InChI is InChI=1S/C13H19ClN2O4S/c1-10-11(14)5-4-6-12(10)15-13(17)9-16(7-8-20-2)21(3,18)19/h4-6H,7-9H2,1-3H3,(H,15,17). The second kappa shape index (κ2) is 7.74. The highest BCUT2D eigenvalue weighted by Crippen LogP contribution is 2.22. The van der Waals surface area contributed by atoms with Crippen LogP contribution in [0.1, 0.15) is 5.56 Å². The first-order valence-corrected chi connectivity index (χ1v) is 8.47. The molecule has 1 aromatic rings. The number of rotatable bonds is 7. The molecule has 0 aliphatic rings. The van der Waals surface area contributed by atoms with Gasteiger partial charge in [-0.1, -0.05) is 17.7 Å². The molecule has 1 aromatic carbocycles. The Hall–Kier alpha value is -1.15. The summed E-state index contributed by atoms with van der Waals surface area (Å²) in [4.78, 5) is 12.0. The van der Waals surface area contributed by atoms with Gasteiger partial charge >= 0.3 is 0 Å². The zero-order valence-electron chi connectivity index (χ0n) is 12.2. The van der Waals surface area contributed by atoms with Crippen LogP contribution in [0, 0.1) is 6.92 Å². The van der Waals surface area contributed by atoms with Crippen LogP contribution in [-0.4, -0.2) is 51.7 Å². The second-order valence-corrected chi connectivity index (χ2v) is 6.94. The third kappa shape index (κ3) is 5.62. The summed E-state index contributed by atoms with van der Waals surface area (Å²) in [6.07, 6.45) is 1.06. The lowest BCUT2D eigenvalue weighted by Crippen LogP contribution is -2.39. The summed E-state index contributed by atoms with van der Waals surface area (Å²) in [6, 6.07) is 5.14. The molecule has 1 rings (SSSR count). The average molecular weight is 335 g/mol. The predicted molar refractivity (Wildman–Crippen MR) is 83.1 cm³/mol. The van der Waals surface area contributed by atoms with Gasteiger partial charge in [0.25, 0.3) is 0 Å².